The second-order valence-corrected chi connectivity index (χ2v) is 5.54. The van der Waals surface area contributed by atoms with E-state index in [2.05, 4.69) is 6.92 Å². The SMILES string of the molecule is CCCC1CCCC2(CC1)CC2C(=O)O. The molecule has 2 aliphatic carbocycles. The van der Waals surface area contributed by atoms with Crippen LogP contribution in [0.4, 0.5) is 0 Å². The van der Waals surface area contributed by atoms with E-state index in [0.29, 0.717) is 0 Å². The van der Waals surface area contributed by atoms with E-state index in [0.717, 1.165) is 12.3 Å². The maximum Gasteiger partial charge on any atom is 0.307 e. The molecule has 2 rings (SSSR count). The van der Waals surface area contributed by atoms with Gasteiger partial charge in [-0.05, 0) is 37.0 Å². The van der Waals surface area contributed by atoms with Gasteiger partial charge in [0.1, 0.15) is 0 Å². The van der Waals surface area contributed by atoms with Crippen LogP contribution in [-0.2, 0) is 4.79 Å². The van der Waals surface area contributed by atoms with Crippen LogP contribution in [0.25, 0.3) is 0 Å². The van der Waals surface area contributed by atoms with E-state index in [1.807, 2.05) is 0 Å². The van der Waals surface area contributed by atoms with E-state index < -0.39 is 5.97 Å². The van der Waals surface area contributed by atoms with E-state index in [1.165, 1.54) is 44.9 Å². The van der Waals surface area contributed by atoms with Crippen LogP contribution in [0.15, 0.2) is 0 Å². The molecule has 86 valence electrons. The van der Waals surface area contributed by atoms with Gasteiger partial charge in [0.15, 0.2) is 0 Å². The van der Waals surface area contributed by atoms with Crippen LogP contribution < -0.4 is 0 Å². The Kier molecular flexibility index (Phi) is 3.03. The average molecular weight is 210 g/mol. The summed E-state index contributed by atoms with van der Waals surface area (Å²) >= 11 is 0. The van der Waals surface area contributed by atoms with Crippen molar-refractivity contribution < 1.29 is 9.90 Å². The lowest BCUT2D eigenvalue weighted by atomic mass is 9.92. The molecule has 0 saturated heterocycles. The molecule has 15 heavy (non-hydrogen) atoms. The summed E-state index contributed by atoms with van der Waals surface area (Å²) in [6.45, 7) is 2.25. The Morgan fingerprint density at radius 3 is 2.80 bits per heavy atom. The highest BCUT2D eigenvalue weighted by Crippen LogP contribution is 2.61. The lowest BCUT2D eigenvalue weighted by Crippen LogP contribution is -2.09. The van der Waals surface area contributed by atoms with Crippen LogP contribution in [-0.4, -0.2) is 11.1 Å². The Morgan fingerprint density at radius 1 is 1.40 bits per heavy atom. The van der Waals surface area contributed by atoms with Crippen molar-refractivity contribution >= 4 is 5.97 Å². The topological polar surface area (TPSA) is 37.3 Å². The van der Waals surface area contributed by atoms with Crippen molar-refractivity contribution in [2.75, 3.05) is 0 Å². The zero-order chi connectivity index (χ0) is 10.9. The lowest BCUT2D eigenvalue weighted by molar-refractivity contribution is -0.139. The summed E-state index contributed by atoms with van der Waals surface area (Å²) in [7, 11) is 0. The molecule has 0 aromatic heterocycles. The van der Waals surface area contributed by atoms with Crippen LogP contribution in [0.2, 0.25) is 0 Å². The minimum Gasteiger partial charge on any atom is -0.481 e. The van der Waals surface area contributed by atoms with Gasteiger partial charge >= 0.3 is 5.97 Å². The maximum atomic E-state index is 11.0. The number of aliphatic carboxylic acids is 1. The molecule has 0 heterocycles. The number of carbonyl (C=O) groups is 1. The second kappa shape index (κ2) is 4.15. The maximum absolute atomic E-state index is 11.0. The molecule has 2 aliphatic rings. The summed E-state index contributed by atoms with van der Waals surface area (Å²) in [6.07, 6.45) is 9.79. The first kappa shape index (κ1) is 11.0. The highest BCUT2D eigenvalue weighted by atomic mass is 16.4. The van der Waals surface area contributed by atoms with Gasteiger partial charge in [-0.25, -0.2) is 0 Å². The predicted molar refractivity (Wildman–Crippen MR) is 59.7 cm³/mol. The molecule has 2 nitrogen and oxygen atoms in total. The van der Waals surface area contributed by atoms with Gasteiger partial charge in [0.05, 0.1) is 5.92 Å². The number of rotatable bonds is 3. The Hall–Kier alpha value is -0.530. The Bertz CT molecular complexity index is 249. The van der Waals surface area contributed by atoms with Gasteiger partial charge in [-0.1, -0.05) is 32.6 Å². The van der Waals surface area contributed by atoms with E-state index >= 15 is 0 Å². The van der Waals surface area contributed by atoms with Gasteiger partial charge in [0.2, 0.25) is 0 Å². The summed E-state index contributed by atoms with van der Waals surface area (Å²) in [6, 6.07) is 0. The standard InChI is InChI=1S/C13H22O2/c1-2-4-10-5-3-7-13(8-6-10)9-11(13)12(14)15/h10-11H,2-9H2,1H3,(H,14,15). The van der Waals surface area contributed by atoms with Crippen molar-refractivity contribution in [2.24, 2.45) is 17.3 Å². The number of carboxylic acid groups (broad SMARTS) is 1. The molecule has 2 fully saturated rings. The zero-order valence-corrected chi connectivity index (χ0v) is 9.67. The quantitative estimate of drug-likeness (QED) is 0.774. The molecule has 0 radical (unpaired) electrons. The van der Waals surface area contributed by atoms with E-state index in [1.54, 1.807) is 0 Å². The van der Waals surface area contributed by atoms with Gasteiger partial charge in [0.25, 0.3) is 0 Å². The first-order chi connectivity index (χ1) is 7.18. The van der Waals surface area contributed by atoms with Gasteiger partial charge < -0.3 is 5.11 Å². The second-order valence-electron chi connectivity index (χ2n) is 5.54. The van der Waals surface area contributed by atoms with Crippen LogP contribution in [0.1, 0.15) is 58.3 Å². The van der Waals surface area contributed by atoms with Gasteiger partial charge in [-0.3, -0.25) is 4.79 Å². The van der Waals surface area contributed by atoms with Gasteiger partial charge in [0, 0.05) is 0 Å². The fraction of sp³-hybridized carbons (Fsp3) is 0.923. The lowest BCUT2D eigenvalue weighted by Gasteiger charge is -2.13. The predicted octanol–water partition coefficient (Wildman–Crippen LogP) is 3.46. The molecule has 3 atom stereocenters. The largest absolute Gasteiger partial charge is 0.481 e. The number of hydrogen-bond acceptors (Lipinski definition) is 1. The summed E-state index contributed by atoms with van der Waals surface area (Å²) < 4.78 is 0. The number of carboxylic acids is 1. The Labute approximate surface area is 92.1 Å². The molecule has 3 unspecified atom stereocenters. The Balaban J connectivity index is 1.89. The van der Waals surface area contributed by atoms with Gasteiger partial charge in [-0.2, -0.15) is 0 Å². The molecule has 0 amide bonds. The van der Waals surface area contributed by atoms with Crippen molar-refractivity contribution in [2.45, 2.75) is 58.3 Å². The molecule has 0 aromatic rings. The van der Waals surface area contributed by atoms with E-state index in [9.17, 15) is 4.79 Å². The van der Waals surface area contributed by atoms with Crippen molar-refractivity contribution in [1.82, 2.24) is 0 Å². The summed E-state index contributed by atoms with van der Waals surface area (Å²) in [5.41, 5.74) is 0.230. The highest BCUT2D eigenvalue weighted by Gasteiger charge is 2.57. The molecule has 1 spiro atoms. The number of hydrogen-bond donors (Lipinski definition) is 1. The van der Waals surface area contributed by atoms with Crippen molar-refractivity contribution in [1.29, 1.82) is 0 Å². The van der Waals surface area contributed by atoms with Crippen LogP contribution in [0.5, 0.6) is 0 Å². The van der Waals surface area contributed by atoms with Crippen LogP contribution in [0.3, 0.4) is 0 Å². The first-order valence-corrected chi connectivity index (χ1v) is 6.41. The third-order valence-electron chi connectivity index (χ3n) is 4.52. The monoisotopic (exact) mass is 210 g/mol. The van der Waals surface area contributed by atoms with E-state index in [4.69, 9.17) is 5.11 Å². The van der Waals surface area contributed by atoms with Crippen molar-refractivity contribution in [3.05, 3.63) is 0 Å². The van der Waals surface area contributed by atoms with Gasteiger partial charge in [-0.15, -0.1) is 0 Å². The van der Waals surface area contributed by atoms with Crippen LogP contribution >= 0.6 is 0 Å². The summed E-state index contributed by atoms with van der Waals surface area (Å²) in [4.78, 5) is 11.0. The molecule has 0 aliphatic heterocycles. The fourth-order valence-electron chi connectivity index (χ4n) is 3.45. The average Bonchev–Trinajstić information content (AvgIpc) is 2.93. The minimum atomic E-state index is -0.552. The van der Waals surface area contributed by atoms with Crippen molar-refractivity contribution in [3.8, 4) is 0 Å². The van der Waals surface area contributed by atoms with Crippen molar-refractivity contribution in [3.63, 3.8) is 0 Å². The molecular weight excluding hydrogens is 188 g/mol. The smallest absolute Gasteiger partial charge is 0.307 e. The third kappa shape index (κ3) is 2.19. The fourth-order valence-corrected chi connectivity index (χ4v) is 3.45. The third-order valence-corrected chi connectivity index (χ3v) is 4.52. The molecule has 2 saturated carbocycles. The molecule has 0 aromatic carbocycles. The van der Waals surface area contributed by atoms with Crippen LogP contribution in [0, 0.1) is 17.3 Å². The minimum absolute atomic E-state index is 0.00197. The Morgan fingerprint density at radius 2 is 2.20 bits per heavy atom. The first-order valence-electron chi connectivity index (χ1n) is 6.41. The summed E-state index contributed by atoms with van der Waals surface area (Å²) in [5.74, 6) is 0.325. The zero-order valence-electron chi connectivity index (χ0n) is 9.67. The molecule has 2 heteroatoms. The molecule has 0 bridgehead atoms. The molecule has 1 N–H and O–H groups in total. The highest BCUT2D eigenvalue weighted by molar-refractivity contribution is 5.74. The normalized spacial score (nSPS) is 40.1. The summed E-state index contributed by atoms with van der Waals surface area (Å²) in [5, 5.41) is 9.03. The molecular formula is C13H22O2. The van der Waals surface area contributed by atoms with E-state index in [-0.39, 0.29) is 11.3 Å².